The number of hydrogen-bond donors (Lipinski definition) is 2. The Morgan fingerprint density at radius 1 is 0.968 bits per heavy atom. The Morgan fingerprint density at radius 3 is 2.48 bits per heavy atom. The van der Waals surface area contributed by atoms with Crippen LogP contribution in [0.25, 0.3) is 5.65 Å². The highest BCUT2D eigenvalue weighted by atomic mass is 16.1. The van der Waals surface area contributed by atoms with E-state index < -0.39 is 0 Å². The molecule has 2 N–H and O–H groups in total. The molecular weight excluding hydrogens is 388 g/mol. The van der Waals surface area contributed by atoms with Crippen LogP contribution < -0.4 is 10.6 Å². The first-order valence-electron chi connectivity index (χ1n) is 10.5. The maximum atomic E-state index is 12.3. The zero-order chi connectivity index (χ0) is 21.5. The Balaban J connectivity index is 1.32. The minimum absolute atomic E-state index is 0.00196. The zero-order valence-corrected chi connectivity index (χ0v) is 17.5. The first-order chi connectivity index (χ1) is 15.2. The van der Waals surface area contributed by atoms with Crippen molar-refractivity contribution < 1.29 is 4.79 Å². The summed E-state index contributed by atoms with van der Waals surface area (Å²) < 4.78 is 1.70. The smallest absolute Gasteiger partial charge is 0.220 e. The second-order valence-electron chi connectivity index (χ2n) is 7.56. The minimum Gasteiger partial charge on any atom is -0.365 e. The Kier molecular flexibility index (Phi) is 6.52. The molecule has 0 aliphatic rings. The van der Waals surface area contributed by atoms with Crippen LogP contribution in [0.4, 0.5) is 5.82 Å². The average Bonchev–Trinajstić information content (AvgIpc) is 3.23. The Bertz CT molecular complexity index is 1130. The number of fused-ring (bicyclic) bond motifs is 1. The van der Waals surface area contributed by atoms with E-state index in [0.717, 1.165) is 5.82 Å². The van der Waals surface area contributed by atoms with Gasteiger partial charge in [-0.3, -0.25) is 4.79 Å². The molecule has 0 spiro atoms. The van der Waals surface area contributed by atoms with Crippen molar-refractivity contribution in [1.82, 2.24) is 25.1 Å². The summed E-state index contributed by atoms with van der Waals surface area (Å²) in [6.07, 6.45) is 0.813. The summed E-state index contributed by atoms with van der Waals surface area (Å²) in [4.78, 5) is 12.3. The van der Waals surface area contributed by atoms with Gasteiger partial charge in [-0.15, -0.1) is 15.3 Å². The Hall–Kier alpha value is -3.74. The molecule has 4 rings (SSSR count). The zero-order valence-electron chi connectivity index (χ0n) is 17.5. The van der Waals surface area contributed by atoms with Gasteiger partial charge in [0.2, 0.25) is 5.91 Å². The highest BCUT2D eigenvalue weighted by Gasteiger charge is 2.12. The molecule has 0 bridgehead atoms. The van der Waals surface area contributed by atoms with Crippen LogP contribution in [0.5, 0.6) is 0 Å². The van der Waals surface area contributed by atoms with E-state index in [1.165, 1.54) is 11.1 Å². The van der Waals surface area contributed by atoms with Gasteiger partial charge in [0.25, 0.3) is 0 Å². The van der Waals surface area contributed by atoms with E-state index in [9.17, 15) is 4.79 Å². The van der Waals surface area contributed by atoms with Crippen LogP contribution in [0.3, 0.4) is 0 Å². The summed E-state index contributed by atoms with van der Waals surface area (Å²) in [6.45, 7) is 3.39. The van der Waals surface area contributed by atoms with E-state index in [2.05, 4.69) is 57.1 Å². The molecule has 158 valence electrons. The van der Waals surface area contributed by atoms with Crippen LogP contribution in [0.15, 0.2) is 72.8 Å². The van der Waals surface area contributed by atoms with E-state index in [1.807, 2.05) is 48.5 Å². The first kappa shape index (κ1) is 20.5. The van der Waals surface area contributed by atoms with Crippen molar-refractivity contribution in [2.24, 2.45) is 0 Å². The number of aromatic nitrogens is 4. The van der Waals surface area contributed by atoms with Gasteiger partial charge in [-0.05, 0) is 29.2 Å². The quantitative estimate of drug-likeness (QED) is 0.437. The van der Waals surface area contributed by atoms with Crippen molar-refractivity contribution in [3.8, 4) is 0 Å². The summed E-state index contributed by atoms with van der Waals surface area (Å²) in [5, 5.41) is 19.3. The van der Waals surface area contributed by atoms with E-state index in [4.69, 9.17) is 0 Å². The highest BCUT2D eigenvalue weighted by molar-refractivity contribution is 5.76. The molecule has 0 saturated heterocycles. The molecule has 0 saturated carbocycles. The van der Waals surface area contributed by atoms with Gasteiger partial charge >= 0.3 is 0 Å². The fourth-order valence-electron chi connectivity index (χ4n) is 3.35. The van der Waals surface area contributed by atoms with E-state index in [-0.39, 0.29) is 11.8 Å². The van der Waals surface area contributed by atoms with Gasteiger partial charge in [0, 0.05) is 25.9 Å². The van der Waals surface area contributed by atoms with Crippen LogP contribution in [0.1, 0.15) is 36.2 Å². The largest absolute Gasteiger partial charge is 0.365 e. The number of nitrogens with one attached hydrogen (secondary N) is 2. The first-order valence-corrected chi connectivity index (χ1v) is 10.5. The summed E-state index contributed by atoms with van der Waals surface area (Å²) in [6, 6.07) is 24.1. The third kappa shape index (κ3) is 5.45. The number of carbonyl (C=O) groups excluding carboxylic acids is 1. The summed E-state index contributed by atoms with van der Waals surface area (Å²) in [7, 11) is 0. The number of amides is 1. The molecule has 1 atom stereocenters. The summed E-state index contributed by atoms with van der Waals surface area (Å²) in [5.41, 5.74) is 3.05. The maximum Gasteiger partial charge on any atom is 0.220 e. The molecule has 7 nitrogen and oxygen atoms in total. The fourth-order valence-corrected chi connectivity index (χ4v) is 3.35. The lowest BCUT2D eigenvalue weighted by atomic mass is 10.0. The average molecular weight is 415 g/mol. The number of rotatable bonds is 9. The molecule has 1 amide bonds. The molecule has 2 aromatic heterocycles. The van der Waals surface area contributed by atoms with Gasteiger partial charge in [0.15, 0.2) is 11.5 Å². The third-order valence-electron chi connectivity index (χ3n) is 5.19. The number of hydrogen-bond acceptors (Lipinski definition) is 5. The van der Waals surface area contributed by atoms with Crippen LogP contribution in [0.2, 0.25) is 0 Å². The number of aryl methyl sites for hydroxylation is 1. The lowest BCUT2D eigenvalue weighted by Crippen LogP contribution is -2.27. The minimum atomic E-state index is -0.00196. The molecule has 0 fully saturated rings. The molecule has 0 unspecified atom stereocenters. The van der Waals surface area contributed by atoms with E-state index in [1.54, 1.807) is 4.52 Å². The van der Waals surface area contributed by atoms with Crippen molar-refractivity contribution in [3.63, 3.8) is 0 Å². The predicted molar refractivity (Wildman–Crippen MR) is 121 cm³/mol. The number of anilines is 1. The van der Waals surface area contributed by atoms with Crippen molar-refractivity contribution in [2.45, 2.75) is 32.2 Å². The fraction of sp³-hybridized carbons (Fsp3) is 0.250. The lowest BCUT2D eigenvalue weighted by Gasteiger charge is -2.12. The lowest BCUT2D eigenvalue weighted by molar-refractivity contribution is -0.121. The summed E-state index contributed by atoms with van der Waals surface area (Å²) in [5.74, 6) is 1.67. The third-order valence-corrected chi connectivity index (χ3v) is 5.19. The monoisotopic (exact) mass is 414 g/mol. The van der Waals surface area contributed by atoms with Crippen molar-refractivity contribution in [1.29, 1.82) is 0 Å². The molecule has 0 radical (unpaired) electrons. The van der Waals surface area contributed by atoms with Crippen LogP contribution in [-0.2, 0) is 17.8 Å². The van der Waals surface area contributed by atoms with Crippen LogP contribution in [-0.4, -0.2) is 32.3 Å². The normalized spacial score (nSPS) is 11.9. The van der Waals surface area contributed by atoms with Gasteiger partial charge in [-0.1, -0.05) is 67.6 Å². The highest BCUT2D eigenvalue weighted by Crippen LogP contribution is 2.13. The van der Waals surface area contributed by atoms with Crippen molar-refractivity contribution in [2.75, 3.05) is 11.9 Å². The molecule has 2 heterocycles. The van der Waals surface area contributed by atoms with Crippen LogP contribution in [0, 0.1) is 0 Å². The number of nitrogens with zero attached hydrogens (tertiary/aromatic N) is 4. The van der Waals surface area contributed by atoms with Crippen molar-refractivity contribution in [3.05, 3.63) is 89.7 Å². The molecule has 31 heavy (non-hydrogen) atoms. The van der Waals surface area contributed by atoms with Gasteiger partial charge < -0.3 is 10.6 Å². The van der Waals surface area contributed by atoms with Gasteiger partial charge in [0.05, 0.1) is 0 Å². The van der Waals surface area contributed by atoms with Crippen LogP contribution >= 0.6 is 0 Å². The van der Waals surface area contributed by atoms with Crippen molar-refractivity contribution >= 4 is 17.4 Å². The predicted octanol–water partition coefficient (Wildman–Crippen LogP) is 3.59. The Labute approximate surface area is 181 Å². The number of carbonyl (C=O) groups is 1. The standard InChI is InChI=1S/C24H26N6O/c1-18(20-10-6-3-7-11-20)16-26-24(31)15-14-23-28-27-22-13-12-21(29-30(22)23)25-17-19-8-4-2-5-9-19/h2-13,18H,14-17H2,1H3,(H,25,29)(H,26,31)/t18-/m1/s1. The maximum absolute atomic E-state index is 12.3. The summed E-state index contributed by atoms with van der Waals surface area (Å²) >= 11 is 0. The second kappa shape index (κ2) is 9.84. The molecule has 7 heteroatoms. The molecular formula is C24H26N6O. The topological polar surface area (TPSA) is 84.2 Å². The molecule has 0 aliphatic carbocycles. The Morgan fingerprint density at radius 2 is 1.71 bits per heavy atom. The SMILES string of the molecule is C[C@H](CNC(=O)CCc1nnc2ccc(NCc3ccccc3)nn12)c1ccccc1. The van der Waals surface area contributed by atoms with Gasteiger partial charge in [-0.2, -0.15) is 4.52 Å². The molecule has 4 aromatic rings. The molecule has 2 aromatic carbocycles. The van der Waals surface area contributed by atoms with E-state index >= 15 is 0 Å². The van der Waals surface area contributed by atoms with E-state index in [0.29, 0.717) is 37.4 Å². The van der Waals surface area contributed by atoms with Gasteiger partial charge in [0.1, 0.15) is 5.82 Å². The van der Waals surface area contributed by atoms with Gasteiger partial charge in [-0.25, -0.2) is 0 Å². The number of benzene rings is 2. The second-order valence-corrected chi connectivity index (χ2v) is 7.56. The molecule has 0 aliphatic heterocycles.